The third-order valence-corrected chi connectivity index (χ3v) is 3.33. The first kappa shape index (κ1) is 11.8. The minimum absolute atomic E-state index is 0.233. The molecule has 1 N–H and O–H groups in total. The number of rotatable bonds is 2. The molecule has 2 heteroatoms. The van der Waals surface area contributed by atoms with Crippen LogP contribution in [-0.4, -0.2) is 5.11 Å². The van der Waals surface area contributed by atoms with Crippen molar-refractivity contribution in [2.45, 2.75) is 19.8 Å². The third kappa shape index (κ3) is 1.99. The molecule has 0 radical (unpaired) electrons. The molecule has 19 heavy (non-hydrogen) atoms. The second-order valence-electron chi connectivity index (χ2n) is 5.05. The van der Waals surface area contributed by atoms with Crippen molar-refractivity contribution in [2.75, 3.05) is 0 Å². The number of phenols is 1. The van der Waals surface area contributed by atoms with Crippen LogP contribution in [0.15, 0.2) is 52.9 Å². The highest BCUT2D eigenvalue weighted by Gasteiger charge is 2.18. The second kappa shape index (κ2) is 4.47. The molecule has 0 fully saturated rings. The Morgan fingerprint density at radius 2 is 1.74 bits per heavy atom. The van der Waals surface area contributed by atoms with E-state index >= 15 is 0 Å². The van der Waals surface area contributed by atoms with E-state index in [1.54, 1.807) is 12.1 Å². The third-order valence-electron chi connectivity index (χ3n) is 3.33. The quantitative estimate of drug-likeness (QED) is 0.701. The van der Waals surface area contributed by atoms with Gasteiger partial charge in [-0.05, 0) is 18.1 Å². The summed E-state index contributed by atoms with van der Waals surface area (Å²) >= 11 is 0. The molecule has 1 heterocycles. The monoisotopic (exact) mass is 252 g/mol. The minimum atomic E-state index is 0.233. The molecular formula is C17H16O2. The fourth-order valence-electron chi connectivity index (χ4n) is 2.48. The zero-order valence-corrected chi connectivity index (χ0v) is 11.1. The zero-order valence-electron chi connectivity index (χ0n) is 11.1. The standard InChI is InChI=1S/C17H16O2/c1-11(2)16-14-9-8-13(18)10-15(14)19-17(16)12-6-4-3-5-7-12/h3-11,18H,1-2H3. The maximum absolute atomic E-state index is 9.58. The van der Waals surface area contributed by atoms with E-state index in [9.17, 15) is 5.11 Å². The number of hydrogen-bond acceptors (Lipinski definition) is 2. The largest absolute Gasteiger partial charge is 0.508 e. The molecule has 1 aromatic heterocycles. The lowest BCUT2D eigenvalue weighted by molar-refractivity contribution is 0.474. The molecule has 3 aromatic rings. The van der Waals surface area contributed by atoms with Crippen LogP contribution in [0.5, 0.6) is 5.75 Å². The van der Waals surface area contributed by atoms with Crippen molar-refractivity contribution in [1.82, 2.24) is 0 Å². The summed E-state index contributed by atoms with van der Waals surface area (Å²) in [5, 5.41) is 10.7. The Morgan fingerprint density at radius 3 is 2.42 bits per heavy atom. The van der Waals surface area contributed by atoms with Gasteiger partial charge in [-0.3, -0.25) is 0 Å². The van der Waals surface area contributed by atoms with E-state index in [1.807, 2.05) is 36.4 Å². The van der Waals surface area contributed by atoms with Crippen LogP contribution in [-0.2, 0) is 0 Å². The van der Waals surface area contributed by atoms with Crippen molar-refractivity contribution in [3.63, 3.8) is 0 Å². The van der Waals surface area contributed by atoms with Crippen molar-refractivity contribution in [3.05, 3.63) is 54.1 Å². The Labute approximate surface area is 112 Å². The van der Waals surface area contributed by atoms with E-state index < -0.39 is 0 Å². The highest BCUT2D eigenvalue weighted by atomic mass is 16.3. The van der Waals surface area contributed by atoms with Gasteiger partial charge >= 0.3 is 0 Å². The minimum Gasteiger partial charge on any atom is -0.508 e. The summed E-state index contributed by atoms with van der Waals surface area (Å²) in [6.07, 6.45) is 0. The summed E-state index contributed by atoms with van der Waals surface area (Å²) in [5.74, 6) is 1.49. The van der Waals surface area contributed by atoms with Crippen molar-refractivity contribution in [1.29, 1.82) is 0 Å². The number of fused-ring (bicyclic) bond motifs is 1. The topological polar surface area (TPSA) is 33.4 Å². The lowest BCUT2D eigenvalue weighted by atomic mass is 9.96. The van der Waals surface area contributed by atoms with Crippen LogP contribution in [0.4, 0.5) is 0 Å². The first-order valence-corrected chi connectivity index (χ1v) is 6.47. The SMILES string of the molecule is CC(C)c1c(-c2ccccc2)oc2cc(O)ccc12. The normalized spacial score (nSPS) is 11.3. The van der Waals surface area contributed by atoms with Gasteiger partial charge in [0.15, 0.2) is 0 Å². The molecule has 3 rings (SSSR count). The summed E-state index contributed by atoms with van der Waals surface area (Å²) in [7, 11) is 0. The van der Waals surface area contributed by atoms with Crippen LogP contribution < -0.4 is 0 Å². The molecule has 0 aliphatic heterocycles. The lowest BCUT2D eigenvalue weighted by Gasteiger charge is -2.06. The van der Waals surface area contributed by atoms with Crippen LogP contribution in [0, 0.1) is 0 Å². The van der Waals surface area contributed by atoms with Gasteiger partial charge in [-0.15, -0.1) is 0 Å². The van der Waals surface area contributed by atoms with Crippen molar-refractivity contribution >= 4 is 11.0 Å². The Bertz CT molecular complexity index is 709. The van der Waals surface area contributed by atoms with Crippen LogP contribution in [0.1, 0.15) is 25.3 Å². The molecule has 96 valence electrons. The van der Waals surface area contributed by atoms with Gasteiger partial charge < -0.3 is 9.52 Å². The van der Waals surface area contributed by atoms with Crippen LogP contribution in [0.3, 0.4) is 0 Å². The molecule has 2 aromatic carbocycles. The van der Waals surface area contributed by atoms with Gasteiger partial charge in [0.1, 0.15) is 17.1 Å². The van der Waals surface area contributed by atoms with E-state index in [0.717, 1.165) is 22.3 Å². The Balaban J connectivity index is 2.32. The van der Waals surface area contributed by atoms with E-state index in [2.05, 4.69) is 13.8 Å². The smallest absolute Gasteiger partial charge is 0.138 e. The fourth-order valence-corrected chi connectivity index (χ4v) is 2.48. The molecule has 0 saturated heterocycles. The summed E-state index contributed by atoms with van der Waals surface area (Å²) in [5.41, 5.74) is 3.01. The van der Waals surface area contributed by atoms with Crippen molar-refractivity contribution in [2.24, 2.45) is 0 Å². The Hall–Kier alpha value is -2.22. The first-order valence-electron chi connectivity index (χ1n) is 6.47. The van der Waals surface area contributed by atoms with Gasteiger partial charge in [0.25, 0.3) is 0 Å². The number of aromatic hydroxyl groups is 1. The van der Waals surface area contributed by atoms with Crippen LogP contribution >= 0.6 is 0 Å². The van der Waals surface area contributed by atoms with Gasteiger partial charge in [0.05, 0.1) is 0 Å². The number of hydrogen-bond donors (Lipinski definition) is 1. The maximum Gasteiger partial charge on any atom is 0.138 e. The van der Waals surface area contributed by atoms with Crippen molar-refractivity contribution < 1.29 is 9.52 Å². The molecule has 0 saturated carbocycles. The van der Waals surface area contributed by atoms with Gasteiger partial charge in [0.2, 0.25) is 0 Å². The lowest BCUT2D eigenvalue weighted by Crippen LogP contribution is -1.88. The molecule has 0 unspecified atom stereocenters. The highest BCUT2D eigenvalue weighted by Crippen LogP contribution is 2.39. The summed E-state index contributed by atoms with van der Waals surface area (Å²) < 4.78 is 5.97. The molecule has 0 atom stereocenters. The highest BCUT2D eigenvalue weighted by molar-refractivity contribution is 5.89. The van der Waals surface area contributed by atoms with E-state index in [0.29, 0.717) is 5.92 Å². The number of phenolic OH excluding ortho intramolecular Hbond substituents is 1. The molecule has 2 nitrogen and oxygen atoms in total. The molecule has 0 amide bonds. The molecule has 0 bridgehead atoms. The van der Waals surface area contributed by atoms with Crippen molar-refractivity contribution in [3.8, 4) is 17.1 Å². The molecule has 0 aliphatic carbocycles. The van der Waals surface area contributed by atoms with Crippen LogP contribution in [0.2, 0.25) is 0 Å². The summed E-state index contributed by atoms with van der Waals surface area (Å²) in [6.45, 7) is 4.31. The Kier molecular flexibility index (Phi) is 2.79. The molecule has 0 spiro atoms. The van der Waals surface area contributed by atoms with Gasteiger partial charge in [0, 0.05) is 22.6 Å². The van der Waals surface area contributed by atoms with Gasteiger partial charge in [-0.2, -0.15) is 0 Å². The molecule has 0 aliphatic rings. The second-order valence-corrected chi connectivity index (χ2v) is 5.05. The summed E-state index contributed by atoms with van der Waals surface area (Å²) in [4.78, 5) is 0. The average molecular weight is 252 g/mol. The van der Waals surface area contributed by atoms with Gasteiger partial charge in [-0.1, -0.05) is 44.2 Å². The van der Waals surface area contributed by atoms with E-state index in [4.69, 9.17) is 4.42 Å². The first-order chi connectivity index (χ1) is 9.16. The number of benzene rings is 2. The fraction of sp³-hybridized carbons (Fsp3) is 0.176. The maximum atomic E-state index is 9.58. The van der Waals surface area contributed by atoms with E-state index in [1.165, 1.54) is 5.56 Å². The average Bonchev–Trinajstić information content (AvgIpc) is 2.78. The predicted octanol–water partition coefficient (Wildman–Crippen LogP) is 4.93. The van der Waals surface area contributed by atoms with E-state index in [-0.39, 0.29) is 5.75 Å². The predicted molar refractivity (Wildman–Crippen MR) is 77.4 cm³/mol. The van der Waals surface area contributed by atoms with Gasteiger partial charge in [-0.25, -0.2) is 0 Å². The molecular weight excluding hydrogens is 236 g/mol. The Morgan fingerprint density at radius 1 is 1.00 bits per heavy atom. The van der Waals surface area contributed by atoms with Crippen LogP contribution in [0.25, 0.3) is 22.3 Å². The zero-order chi connectivity index (χ0) is 13.4. The number of furan rings is 1. The summed E-state index contributed by atoms with van der Waals surface area (Å²) in [6, 6.07) is 15.4.